The highest BCUT2D eigenvalue weighted by atomic mass is 35.5. The van der Waals surface area contributed by atoms with Crippen LogP contribution in [-0.4, -0.2) is 43.0 Å². The molecular formula is C15H16Cl2N2O3. The molecule has 1 aliphatic heterocycles. The van der Waals surface area contributed by atoms with E-state index in [-0.39, 0.29) is 23.7 Å². The van der Waals surface area contributed by atoms with E-state index in [1.165, 1.54) is 0 Å². The highest BCUT2D eigenvalue weighted by Crippen LogP contribution is 2.41. The molecule has 0 aromatic heterocycles. The van der Waals surface area contributed by atoms with E-state index in [0.717, 1.165) is 0 Å². The summed E-state index contributed by atoms with van der Waals surface area (Å²) in [6.45, 7) is 2.33. The van der Waals surface area contributed by atoms with Crippen molar-refractivity contribution in [1.29, 1.82) is 0 Å². The number of rotatable bonds is 3. The summed E-state index contributed by atoms with van der Waals surface area (Å²) < 4.78 is 5.23. The highest BCUT2D eigenvalue weighted by molar-refractivity contribution is 6.44. The van der Waals surface area contributed by atoms with Gasteiger partial charge in [0.25, 0.3) is 0 Å². The van der Waals surface area contributed by atoms with Crippen LogP contribution < -0.4 is 5.32 Å². The molecule has 1 N–H and O–H groups in total. The number of nitrogens with one attached hydrogen (secondary N) is 1. The first-order chi connectivity index (χ1) is 10.6. The number of benzene rings is 1. The third kappa shape index (κ3) is 3.21. The maximum Gasteiger partial charge on any atom is 0.228 e. The fourth-order valence-electron chi connectivity index (χ4n) is 2.60. The molecule has 2 amide bonds. The first-order valence-corrected chi connectivity index (χ1v) is 7.95. The summed E-state index contributed by atoms with van der Waals surface area (Å²) in [7, 11) is 0. The molecule has 1 aromatic carbocycles. The maximum absolute atomic E-state index is 12.3. The van der Waals surface area contributed by atoms with E-state index in [1.54, 1.807) is 23.1 Å². The normalized spacial score (nSPS) is 24.0. The Kier molecular flexibility index (Phi) is 4.57. The Morgan fingerprint density at radius 3 is 2.64 bits per heavy atom. The standard InChI is InChI=1S/C15H16Cl2N2O3/c16-11-2-1-3-12(13(11)17)18-14(20)9-8-10(9)15(21)19-4-6-22-7-5-19/h1-3,9-10H,4-8H2,(H,18,20). The van der Waals surface area contributed by atoms with Gasteiger partial charge in [-0.1, -0.05) is 29.3 Å². The Hall–Kier alpha value is -1.30. The third-order valence-corrected chi connectivity index (χ3v) is 4.80. The lowest BCUT2D eigenvalue weighted by Gasteiger charge is -2.27. The molecule has 22 heavy (non-hydrogen) atoms. The second-order valence-electron chi connectivity index (χ2n) is 5.48. The molecule has 2 atom stereocenters. The van der Waals surface area contributed by atoms with Crippen LogP contribution in [0.2, 0.25) is 10.0 Å². The van der Waals surface area contributed by atoms with E-state index >= 15 is 0 Å². The minimum atomic E-state index is -0.287. The second kappa shape index (κ2) is 6.44. The second-order valence-corrected chi connectivity index (χ2v) is 6.26. The van der Waals surface area contributed by atoms with Crippen LogP contribution in [0.1, 0.15) is 6.42 Å². The number of ether oxygens (including phenoxy) is 1. The smallest absolute Gasteiger partial charge is 0.228 e. The van der Waals surface area contributed by atoms with Crippen molar-refractivity contribution in [2.24, 2.45) is 11.8 Å². The zero-order chi connectivity index (χ0) is 15.7. The predicted octanol–water partition coefficient (Wildman–Crippen LogP) is 2.43. The summed E-state index contributed by atoms with van der Waals surface area (Å²) in [4.78, 5) is 26.3. The van der Waals surface area contributed by atoms with Gasteiger partial charge in [-0.25, -0.2) is 0 Å². The molecule has 2 unspecified atom stereocenters. The molecule has 0 spiro atoms. The van der Waals surface area contributed by atoms with Crippen molar-refractivity contribution in [2.75, 3.05) is 31.6 Å². The molecule has 1 aromatic rings. The van der Waals surface area contributed by atoms with Gasteiger partial charge in [-0.15, -0.1) is 0 Å². The summed E-state index contributed by atoms with van der Waals surface area (Å²) in [5.41, 5.74) is 0.476. The van der Waals surface area contributed by atoms with Gasteiger partial charge in [-0.05, 0) is 18.6 Å². The molecule has 0 radical (unpaired) electrons. The van der Waals surface area contributed by atoms with Crippen LogP contribution in [0.4, 0.5) is 5.69 Å². The number of amides is 2. The fourth-order valence-corrected chi connectivity index (χ4v) is 2.95. The number of carbonyl (C=O) groups is 2. The molecule has 1 heterocycles. The Morgan fingerprint density at radius 1 is 1.18 bits per heavy atom. The fraction of sp³-hybridized carbons (Fsp3) is 0.467. The van der Waals surface area contributed by atoms with Gasteiger partial charge in [-0.3, -0.25) is 9.59 Å². The summed E-state index contributed by atoms with van der Waals surface area (Å²) in [5.74, 6) is -0.655. The molecule has 1 saturated carbocycles. The van der Waals surface area contributed by atoms with Crippen molar-refractivity contribution in [1.82, 2.24) is 4.90 Å². The lowest BCUT2D eigenvalue weighted by Crippen LogP contribution is -2.42. The molecule has 3 rings (SSSR count). The average molecular weight is 343 g/mol. The average Bonchev–Trinajstić information content (AvgIpc) is 3.32. The van der Waals surface area contributed by atoms with Crippen molar-refractivity contribution in [3.05, 3.63) is 28.2 Å². The summed E-state index contributed by atoms with van der Waals surface area (Å²) in [6.07, 6.45) is 0.584. The van der Waals surface area contributed by atoms with Gasteiger partial charge in [0.2, 0.25) is 11.8 Å². The number of hydrogen-bond donors (Lipinski definition) is 1. The Bertz CT molecular complexity index is 602. The van der Waals surface area contributed by atoms with Crippen LogP contribution in [0.3, 0.4) is 0 Å². The van der Waals surface area contributed by atoms with Crippen LogP contribution in [-0.2, 0) is 14.3 Å². The number of halogens is 2. The summed E-state index contributed by atoms with van der Waals surface area (Å²) in [6, 6.07) is 5.06. The quantitative estimate of drug-likeness (QED) is 0.917. The lowest BCUT2D eigenvalue weighted by molar-refractivity contribution is -0.137. The maximum atomic E-state index is 12.3. The summed E-state index contributed by atoms with van der Waals surface area (Å²) in [5, 5.41) is 3.45. The SMILES string of the molecule is O=C(Nc1cccc(Cl)c1Cl)C1CC1C(=O)N1CCOCC1. The number of hydrogen-bond acceptors (Lipinski definition) is 3. The van der Waals surface area contributed by atoms with Crippen LogP contribution in [0.5, 0.6) is 0 Å². The Morgan fingerprint density at radius 2 is 1.91 bits per heavy atom. The first-order valence-electron chi connectivity index (χ1n) is 7.19. The molecule has 1 saturated heterocycles. The highest BCUT2D eigenvalue weighted by Gasteiger charge is 2.49. The summed E-state index contributed by atoms with van der Waals surface area (Å²) >= 11 is 12.0. The van der Waals surface area contributed by atoms with Crippen molar-refractivity contribution in [3.8, 4) is 0 Å². The van der Waals surface area contributed by atoms with E-state index in [0.29, 0.717) is 48.5 Å². The topological polar surface area (TPSA) is 58.6 Å². The predicted molar refractivity (Wildman–Crippen MR) is 84.1 cm³/mol. The number of carbonyl (C=O) groups excluding carboxylic acids is 2. The Labute approximate surface area is 138 Å². The zero-order valence-corrected chi connectivity index (χ0v) is 13.4. The number of nitrogens with zero attached hydrogens (tertiary/aromatic N) is 1. The molecule has 2 fully saturated rings. The number of morpholine rings is 1. The van der Waals surface area contributed by atoms with E-state index in [9.17, 15) is 9.59 Å². The van der Waals surface area contributed by atoms with E-state index in [4.69, 9.17) is 27.9 Å². The van der Waals surface area contributed by atoms with Gasteiger partial charge in [-0.2, -0.15) is 0 Å². The molecule has 0 bridgehead atoms. The van der Waals surface area contributed by atoms with Crippen LogP contribution in [0.25, 0.3) is 0 Å². The van der Waals surface area contributed by atoms with Crippen molar-refractivity contribution in [3.63, 3.8) is 0 Å². The number of anilines is 1. The van der Waals surface area contributed by atoms with Crippen molar-refractivity contribution < 1.29 is 14.3 Å². The van der Waals surface area contributed by atoms with Gasteiger partial charge in [0.05, 0.1) is 40.8 Å². The van der Waals surface area contributed by atoms with Crippen LogP contribution in [0, 0.1) is 11.8 Å². The largest absolute Gasteiger partial charge is 0.378 e. The monoisotopic (exact) mass is 342 g/mol. The first kappa shape index (κ1) is 15.6. The minimum absolute atomic E-state index is 0.0423. The van der Waals surface area contributed by atoms with Gasteiger partial charge in [0, 0.05) is 13.1 Å². The van der Waals surface area contributed by atoms with Crippen molar-refractivity contribution >= 4 is 40.7 Å². The zero-order valence-electron chi connectivity index (χ0n) is 11.9. The molecule has 5 nitrogen and oxygen atoms in total. The van der Waals surface area contributed by atoms with Crippen molar-refractivity contribution in [2.45, 2.75) is 6.42 Å². The molecule has 2 aliphatic rings. The lowest BCUT2D eigenvalue weighted by atomic mass is 10.2. The van der Waals surface area contributed by atoms with E-state index in [2.05, 4.69) is 5.32 Å². The molecule has 7 heteroatoms. The van der Waals surface area contributed by atoms with Crippen LogP contribution >= 0.6 is 23.2 Å². The molecule has 118 valence electrons. The minimum Gasteiger partial charge on any atom is -0.378 e. The van der Waals surface area contributed by atoms with Gasteiger partial charge < -0.3 is 15.0 Å². The molecule has 1 aliphatic carbocycles. The molecular weight excluding hydrogens is 327 g/mol. The van der Waals surface area contributed by atoms with Crippen LogP contribution in [0.15, 0.2) is 18.2 Å². The van der Waals surface area contributed by atoms with Gasteiger partial charge in [0.1, 0.15) is 0 Å². The van der Waals surface area contributed by atoms with E-state index < -0.39 is 0 Å². The third-order valence-electron chi connectivity index (χ3n) is 3.98. The Balaban J connectivity index is 1.58. The van der Waals surface area contributed by atoms with E-state index in [1.807, 2.05) is 0 Å². The van der Waals surface area contributed by atoms with Gasteiger partial charge >= 0.3 is 0 Å². The van der Waals surface area contributed by atoms with Gasteiger partial charge in [0.15, 0.2) is 0 Å².